The van der Waals surface area contributed by atoms with Crippen molar-refractivity contribution in [1.29, 1.82) is 0 Å². The van der Waals surface area contributed by atoms with Crippen molar-refractivity contribution in [2.24, 2.45) is 11.7 Å². The summed E-state index contributed by atoms with van der Waals surface area (Å²) in [5, 5.41) is 0. The lowest BCUT2D eigenvalue weighted by Crippen LogP contribution is -2.53. The topological polar surface area (TPSA) is 58.8 Å². The van der Waals surface area contributed by atoms with E-state index in [1.54, 1.807) is 0 Å². The number of rotatable bonds is 5. The van der Waals surface area contributed by atoms with E-state index in [1.807, 2.05) is 51.0 Å². The van der Waals surface area contributed by atoms with Crippen LogP contribution in [0.15, 0.2) is 18.2 Å². The smallest absolute Gasteiger partial charge is 0.270 e. The Labute approximate surface area is 139 Å². The highest BCUT2D eigenvalue weighted by molar-refractivity contribution is 6.02. The number of carbonyl (C=O) groups excluding carboxylic acids is 1. The first-order chi connectivity index (χ1) is 10.6. The van der Waals surface area contributed by atoms with Gasteiger partial charge < -0.3 is 20.3 Å². The molecule has 1 aromatic carbocycles. The first kappa shape index (κ1) is 17.8. The van der Waals surface area contributed by atoms with Gasteiger partial charge >= 0.3 is 0 Å². The maximum Gasteiger partial charge on any atom is 0.270 e. The summed E-state index contributed by atoms with van der Waals surface area (Å²) >= 11 is 0. The standard InChI is InChI=1S/C18H29N3O2/c1-12(2)16(19)13-7-8-15-14(11-13)21(10-9-20(5)6)17(22)18(3,4)23-15/h7-8,11-12,16H,9-10,19H2,1-6H3. The zero-order chi connectivity index (χ0) is 17.4. The van der Waals surface area contributed by atoms with Crippen molar-refractivity contribution in [1.82, 2.24) is 4.90 Å². The molecule has 1 aliphatic heterocycles. The van der Waals surface area contributed by atoms with E-state index < -0.39 is 5.60 Å². The van der Waals surface area contributed by atoms with Gasteiger partial charge in [0.1, 0.15) is 5.75 Å². The van der Waals surface area contributed by atoms with Crippen molar-refractivity contribution in [3.05, 3.63) is 23.8 Å². The molecule has 128 valence electrons. The van der Waals surface area contributed by atoms with Gasteiger partial charge in [-0.25, -0.2) is 0 Å². The number of ether oxygens (including phenoxy) is 1. The van der Waals surface area contributed by atoms with Crippen LogP contribution in [-0.4, -0.2) is 43.6 Å². The van der Waals surface area contributed by atoms with Gasteiger partial charge in [-0.05, 0) is 51.6 Å². The second kappa shape index (κ2) is 6.49. The molecule has 0 radical (unpaired) electrons. The number of amides is 1. The van der Waals surface area contributed by atoms with E-state index in [0.29, 0.717) is 12.5 Å². The van der Waals surface area contributed by atoms with Crippen LogP contribution in [0, 0.1) is 5.92 Å². The lowest BCUT2D eigenvalue weighted by molar-refractivity contribution is -0.132. The van der Waals surface area contributed by atoms with Gasteiger partial charge in [-0.3, -0.25) is 4.79 Å². The first-order valence-corrected chi connectivity index (χ1v) is 8.18. The van der Waals surface area contributed by atoms with Gasteiger partial charge in [0.2, 0.25) is 0 Å². The van der Waals surface area contributed by atoms with E-state index in [0.717, 1.165) is 23.5 Å². The molecule has 1 heterocycles. The lowest BCUT2D eigenvalue weighted by Gasteiger charge is -2.39. The van der Waals surface area contributed by atoms with Gasteiger partial charge in [0, 0.05) is 19.1 Å². The monoisotopic (exact) mass is 319 g/mol. The minimum absolute atomic E-state index is 0.0119. The Morgan fingerprint density at radius 3 is 2.52 bits per heavy atom. The summed E-state index contributed by atoms with van der Waals surface area (Å²) in [7, 11) is 4.00. The normalized spacial score (nSPS) is 18.1. The van der Waals surface area contributed by atoms with Gasteiger partial charge in [-0.15, -0.1) is 0 Å². The van der Waals surface area contributed by atoms with E-state index in [9.17, 15) is 4.79 Å². The van der Waals surface area contributed by atoms with Crippen LogP contribution in [0.3, 0.4) is 0 Å². The molecule has 2 N–H and O–H groups in total. The Morgan fingerprint density at radius 1 is 1.30 bits per heavy atom. The molecule has 1 atom stereocenters. The van der Waals surface area contributed by atoms with Crippen molar-refractivity contribution in [3.8, 4) is 5.75 Å². The Bertz CT molecular complexity index is 582. The van der Waals surface area contributed by atoms with Gasteiger partial charge in [0.15, 0.2) is 5.60 Å². The van der Waals surface area contributed by atoms with Crippen LogP contribution in [0.1, 0.15) is 39.3 Å². The molecule has 5 heteroatoms. The van der Waals surface area contributed by atoms with E-state index in [-0.39, 0.29) is 11.9 Å². The molecule has 5 nitrogen and oxygen atoms in total. The molecule has 2 rings (SSSR count). The minimum Gasteiger partial charge on any atom is -0.476 e. The Kier molecular flexibility index (Phi) is 5.01. The number of anilines is 1. The summed E-state index contributed by atoms with van der Waals surface area (Å²) in [5.41, 5.74) is 7.28. The number of hydrogen-bond donors (Lipinski definition) is 1. The molecule has 0 aromatic heterocycles. The molecular weight excluding hydrogens is 290 g/mol. The summed E-state index contributed by atoms with van der Waals surface area (Å²) in [5.74, 6) is 1.06. The summed E-state index contributed by atoms with van der Waals surface area (Å²) in [6.07, 6.45) is 0. The fourth-order valence-corrected chi connectivity index (χ4v) is 2.70. The van der Waals surface area contributed by atoms with Crippen molar-refractivity contribution < 1.29 is 9.53 Å². The molecule has 0 spiro atoms. The summed E-state index contributed by atoms with van der Waals surface area (Å²) < 4.78 is 5.92. The van der Waals surface area contributed by atoms with E-state index in [1.165, 1.54) is 0 Å². The fraction of sp³-hybridized carbons (Fsp3) is 0.611. The Morgan fingerprint density at radius 2 is 1.96 bits per heavy atom. The first-order valence-electron chi connectivity index (χ1n) is 8.18. The fourth-order valence-electron chi connectivity index (χ4n) is 2.70. The van der Waals surface area contributed by atoms with Gasteiger partial charge in [0.25, 0.3) is 5.91 Å². The molecule has 0 aliphatic carbocycles. The third-order valence-corrected chi connectivity index (χ3v) is 4.27. The number of hydrogen-bond acceptors (Lipinski definition) is 4. The van der Waals surface area contributed by atoms with Crippen molar-refractivity contribution >= 4 is 11.6 Å². The summed E-state index contributed by atoms with van der Waals surface area (Å²) in [4.78, 5) is 16.7. The van der Waals surface area contributed by atoms with Crippen LogP contribution in [-0.2, 0) is 4.79 Å². The zero-order valence-corrected chi connectivity index (χ0v) is 15.1. The largest absolute Gasteiger partial charge is 0.476 e. The molecule has 0 bridgehead atoms. The minimum atomic E-state index is -0.846. The summed E-state index contributed by atoms with van der Waals surface area (Å²) in [6, 6.07) is 5.88. The Balaban J connectivity index is 2.42. The van der Waals surface area contributed by atoms with Crippen LogP contribution in [0.25, 0.3) is 0 Å². The maximum absolute atomic E-state index is 12.8. The summed E-state index contributed by atoms with van der Waals surface area (Å²) in [6.45, 7) is 9.24. The molecule has 1 aromatic rings. The molecule has 0 saturated carbocycles. The highest BCUT2D eigenvalue weighted by atomic mass is 16.5. The zero-order valence-electron chi connectivity index (χ0n) is 15.1. The number of likely N-dealkylation sites (N-methyl/N-ethyl adjacent to an activating group) is 1. The molecule has 23 heavy (non-hydrogen) atoms. The maximum atomic E-state index is 12.8. The van der Waals surface area contributed by atoms with Crippen molar-refractivity contribution in [2.45, 2.75) is 39.3 Å². The number of carbonyl (C=O) groups is 1. The van der Waals surface area contributed by atoms with Gasteiger partial charge in [-0.2, -0.15) is 0 Å². The van der Waals surface area contributed by atoms with E-state index in [4.69, 9.17) is 10.5 Å². The molecule has 0 fully saturated rings. The second-order valence-electron chi connectivity index (χ2n) is 7.37. The molecule has 1 aliphatic rings. The lowest BCUT2D eigenvalue weighted by atomic mass is 9.95. The number of fused-ring (bicyclic) bond motifs is 1. The third kappa shape index (κ3) is 3.67. The molecular formula is C18H29N3O2. The van der Waals surface area contributed by atoms with Gasteiger partial charge in [0.05, 0.1) is 5.69 Å². The molecule has 1 amide bonds. The van der Waals surface area contributed by atoms with Crippen molar-refractivity contribution in [2.75, 3.05) is 32.1 Å². The van der Waals surface area contributed by atoms with Gasteiger partial charge in [-0.1, -0.05) is 19.9 Å². The highest BCUT2D eigenvalue weighted by Gasteiger charge is 2.40. The highest BCUT2D eigenvalue weighted by Crippen LogP contribution is 2.39. The molecule has 1 unspecified atom stereocenters. The number of benzene rings is 1. The third-order valence-electron chi connectivity index (χ3n) is 4.27. The average Bonchev–Trinajstić information content (AvgIpc) is 2.46. The number of nitrogens with zero attached hydrogens (tertiary/aromatic N) is 2. The van der Waals surface area contributed by atoms with Crippen LogP contribution in [0.5, 0.6) is 5.75 Å². The number of nitrogens with two attached hydrogens (primary N) is 1. The SMILES string of the molecule is CC(C)C(N)c1ccc2c(c1)N(CCN(C)C)C(=O)C(C)(C)O2. The quantitative estimate of drug-likeness (QED) is 0.905. The van der Waals surface area contributed by atoms with Crippen molar-refractivity contribution in [3.63, 3.8) is 0 Å². The predicted octanol–water partition coefficient (Wildman–Crippen LogP) is 2.41. The van der Waals surface area contributed by atoms with Crippen LogP contribution in [0.2, 0.25) is 0 Å². The second-order valence-corrected chi connectivity index (χ2v) is 7.37. The molecule has 0 saturated heterocycles. The van der Waals surface area contributed by atoms with Crippen LogP contribution in [0.4, 0.5) is 5.69 Å². The average molecular weight is 319 g/mol. The van der Waals surface area contributed by atoms with Crippen LogP contribution >= 0.6 is 0 Å². The van der Waals surface area contributed by atoms with Crippen LogP contribution < -0.4 is 15.4 Å². The predicted molar refractivity (Wildman–Crippen MR) is 93.8 cm³/mol. The van der Waals surface area contributed by atoms with E-state index >= 15 is 0 Å². The van der Waals surface area contributed by atoms with E-state index in [2.05, 4.69) is 18.7 Å². The Hall–Kier alpha value is -1.59.